The second kappa shape index (κ2) is 7.68. The van der Waals surface area contributed by atoms with Gasteiger partial charge in [-0.2, -0.15) is 5.10 Å². The molecular formula is C17H21ClN4O2. The van der Waals surface area contributed by atoms with Crippen molar-refractivity contribution in [1.82, 2.24) is 19.6 Å². The van der Waals surface area contributed by atoms with Crippen molar-refractivity contribution in [3.63, 3.8) is 0 Å². The average molecular weight is 349 g/mol. The Labute approximate surface area is 146 Å². The number of nitrogens with zero attached hydrogens (tertiary/aromatic N) is 4. The third-order valence-corrected chi connectivity index (χ3v) is 4.33. The van der Waals surface area contributed by atoms with E-state index in [4.69, 9.17) is 16.3 Å². The van der Waals surface area contributed by atoms with E-state index in [1.807, 2.05) is 34.0 Å². The molecular weight excluding hydrogens is 328 g/mol. The van der Waals surface area contributed by atoms with Gasteiger partial charge in [-0.25, -0.2) is 0 Å². The molecule has 1 aromatic carbocycles. The molecule has 0 aliphatic carbocycles. The van der Waals surface area contributed by atoms with Crippen LogP contribution < -0.4 is 4.74 Å². The second-order valence-electron chi connectivity index (χ2n) is 5.84. The molecule has 1 saturated heterocycles. The standard InChI is InChI=1S/C17H21ClN4O2/c1-24-16-5-2-4-14(10-16)17(23)21-7-3-6-20(8-9-21)13-22-12-15(18)11-19-22/h2,4-5,10-12H,3,6-9,13H2,1H3. The van der Waals surface area contributed by atoms with Crippen molar-refractivity contribution >= 4 is 17.5 Å². The van der Waals surface area contributed by atoms with Crippen LogP contribution in [0.2, 0.25) is 5.02 Å². The van der Waals surface area contributed by atoms with E-state index in [0.717, 1.165) is 26.1 Å². The molecule has 6 nitrogen and oxygen atoms in total. The SMILES string of the molecule is COc1cccc(C(=O)N2CCCN(Cn3cc(Cl)cn3)CC2)c1. The van der Waals surface area contributed by atoms with Crippen LogP contribution in [0, 0.1) is 0 Å². The molecule has 1 aromatic heterocycles. The highest BCUT2D eigenvalue weighted by atomic mass is 35.5. The normalized spacial score (nSPS) is 16.0. The van der Waals surface area contributed by atoms with Crippen LogP contribution in [0.3, 0.4) is 0 Å². The number of rotatable bonds is 4. The van der Waals surface area contributed by atoms with E-state index in [0.29, 0.717) is 29.5 Å². The fourth-order valence-corrected chi connectivity index (χ4v) is 3.03. The zero-order valence-electron chi connectivity index (χ0n) is 13.7. The zero-order valence-corrected chi connectivity index (χ0v) is 14.4. The molecule has 0 unspecified atom stereocenters. The maximum atomic E-state index is 12.7. The van der Waals surface area contributed by atoms with Crippen molar-refractivity contribution in [2.45, 2.75) is 13.1 Å². The molecule has 128 valence electrons. The van der Waals surface area contributed by atoms with Crippen molar-refractivity contribution in [3.05, 3.63) is 47.2 Å². The maximum absolute atomic E-state index is 12.7. The minimum absolute atomic E-state index is 0.0536. The summed E-state index contributed by atoms with van der Waals surface area (Å²) in [6.45, 7) is 3.89. The Hall–Kier alpha value is -2.05. The highest BCUT2D eigenvalue weighted by Gasteiger charge is 2.20. The molecule has 1 aliphatic rings. The van der Waals surface area contributed by atoms with Crippen LogP contribution >= 0.6 is 11.6 Å². The predicted octanol–water partition coefficient (Wildman–Crippen LogP) is 2.35. The van der Waals surface area contributed by atoms with Crippen LogP contribution in [0.1, 0.15) is 16.8 Å². The Kier molecular flexibility index (Phi) is 5.37. The number of ether oxygens (including phenoxy) is 1. The van der Waals surface area contributed by atoms with E-state index < -0.39 is 0 Å². The van der Waals surface area contributed by atoms with Gasteiger partial charge in [0.25, 0.3) is 5.91 Å². The largest absolute Gasteiger partial charge is 0.497 e. The first kappa shape index (κ1) is 16.8. The van der Waals surface area contributed by atoms with Crippen LogP contribution in [0.15, 0.2) is 36.7 Å². The van der Waals surface area contributed by atoms with Crippen molar-refractivity contribution in [3.8, 4) is 5.75 Å². The number of hydrogen-bond donors (Lipinski definition) is 0. The Morgan fingerprint density at radius 3 is 2.92 bits per heavy atom. The molecule has 0 N–H and O–H groups in total. The summed E-state index contributed by atoms with van der Waals surface area (Å²) in [6.07, 6.45) is 4.38. The number of halogens is 1. The van der Waals surface area contributed by atoms with Crippen LogP contribution in [0.25, 0.3) is 0 Å². The van der Waals surface area contributed by atoms with Gasteiger partial charge in [-0.1, -0.05) is 17.7 Å². The summed E-state index contributed by atoms with van der Waals surface area (Å²) in [6, 6.07) is 7.31. The molecule has 2 heterocycles. The Morgan fingerprint density at radius 1 is 1.29 bits per heavy atom. The minimum atomic E-state index is 0.0536. The molecule has 1 fully saturated rings. The van der Waals surface area contributed by atoms with E-state index in [9.17, 15) is 4.79 Å². The monoisotopic (exact) mass is 348 g/mol. The van der Waals surface area contributed by atoms with Gasteiger partial charge in [0, 0.05) is 37.9 Å². The van der Waals surface area contributed by atoms with E-state index in [1.165, 1.54) is 0 Å². The molecule has 0 saturated carbocycles. The Morgan fingerprint density at radius 2 is 2.17 bits per heavy atom. The Balaban J connectivity index is 1.61. The van der Waals surface area contributed by atoms with Gasteiger partial charge in [-0.3, -0.25) is 14.4 Å². The molecule has 0 bridgehead atoms. The lowest BCUT2D eigenvalue weighted by atomic mass is 10.2. The molecule has 0 spiro atoms. The summed E-state index contributed by atoms with van der Waals surface area (Å²) in [4.78, 5) is 16.9. The number of carbonyl (C=O) groups is 1. The molecule has 2 aromatic rings. The lowest BCUT2D eigenvalue weighted by Crippen LogP contribution is -2.35. The van der Waals surface area contributed by atoms with Gasteiger partial charge in [0.1, 0.15) is 5.75 Å². The van der Waals surface area contributed by atoms with E-state index in [2.05, 4.69) is 10.00 Å². The summed E-state index contributed by atoms with van der Waals surface area (Å²) in [5.41, 5.74) is 0.668. The first-order valence-corrected chi connectivity index (χ1v) is 8.37. The minimum Gasteiger partial charge on any atom is -0.497 e. The molecule has 0 radical (unpaired) electrons. The number of carbonyl (C=O) groups excluding carboxylic acids is 1. The predicted molar refractivity (Wildman–Crippen MR) is 92.3 cm³/mol. The lowest BCUT2D eigenvalue weighted by molar-refractivity contribution is 0.0758. The number of amides is 1. The third kappa shape index (κ3) is 4.07. The van der Waals surface area contributed by atoms with Crippen molar-refractivity contribution in [2.24, 2.45) is 0 Å². The smallest absolute Gasteiger partial charge is 0.254 e. The van der Waals surface area contributed by atoms with Crippen molar-refractivity contribution < 1.29 is 9.53 Å². The summed E-state index contributed by atoms with van der Waals surface area (Å²) in [5.74, 6) is 0.755. The molecule has 7 heteroatoms. The number of aromatic nitrogens is 2. The fourth-order valence-electron chi connectivity index (χ4n) is 2.87. The van der Waals surface area contributed by atoms with Crippen LogP contribution in [0.4, 0.5) is 0 Å². The molecule has 1 aliphatic heterocycles. The van der Waals surface area contributed by atoms with Gasteiger partial charge < -0.3 is 9.64 Å². The first-order valence-electron chi connectivity index (χ1n) is 7.99. The van der Waals surface area contributed by atoms with Gasteiger partial charge >= 0.3 is 0 Å². The summed E-state index contributed by atoms with van der Waals surface area (Å²) >= 11 is 5.90. The van der Waals surface area contributed by atoms with Crippen LogP contribution in [-0.4, -0.2) is 58.8 Å². The zero-order chi connectivity index (χ0) is 16.9. The van der Waals surface area contributed by atoms with Crippen LogP contribution in [0.5, 0.6) is 5.75 Å². The highest BCUT2D eigenvalue weighted by molar-refractivity contribution is 6.30. The molecule has 0 atom stereocenters. The number of methoxy groups -OCH3 is 1. The summed E-state index contributed by atoms with van der Waals surface area (Å²) < 4.78 is 7.02. The highest BCUT2D eigenvalue weighted by Crippen LogP contribution is 2.16. The third-order valence-electron chi connectivity index (χ3n) is 4.14. The van der Waals surface area contributed by atoms with Crippen molar-refractivity contribution in [1.29, 1.82) is 0 Å². The number of hydrogen-bond acceptors (Lipinski definition) is 4. The summed E-state index contributed by atoms with van der Waals surface area (Å²) in [7, 11) is 1.61. The fraction of sp³-hybridized carbons (Fsp3) is 0.412. The van der Waals surface area contributed by atoms with Crippen molar-refractivity contribution in [2.75, 3.05) is 33.3 Å². The maximum Gasteiger partial charge on any atom is 0.254 e. The average Bonchev–Trinajstić information content (AvgIpc) is 2.87. The quantitative estimate of drug-likeness (QED) is 0.851. The van der Waals surface area contributed by atoms with Gasteiger partial charge in [-0.05, 0) is 24.6 Å². The van der Waals surface area contributed by atoms with Crippen LogP contribution in [-0.2, 0) is 6.67 Å². The second-order valence-corrected chi connectivity index (χ2v) is 6.27. The van der Waals surface area contributed by atoms with E-state index in [1.54, 1.807) is 19.4 Å². The summed E-state index contributed by atoms with van der Waals surface area (Å²) in [5, 5.41) is 4.85. The van der Waals surface area contributed by atoms with E-state index >= 15 is 0 Å². The van der Waals surface area contributed by atoms with Gasteiger partial charge in [0.2, 0.25) is 0 Å². The Bertz CT molecular complexity index is 703. The topological polar surface area (TPSA) is 50.6 Å². The van der Waals surface area contributed by atoms with E-state index in [-0.39, 0.29) is 5.91 Å². The van der Waals surface area contributed by atoms with Gasteiger partial charge in [-0.15, -0.1) is 0 Å². The number of benzene rings is 1. The molecule has 24 heavy (non-hydrogen) atoms. The van der Waals surface area contributed by atoms with Gasteiger partial charge in [0.05, 0.1) is 25.0 Å². The lowest BCUT2D eigenvalue weighted by Gasteiger charge is -2.22. The molecule has 3 rings (SSSR count). The first-order chi connectivity index (χ1) is 11.7. The van der Waals surface area contributed by atoms with Gasteiger partial charge in [0.15, 0.2) is 0 Å². The molecule has 1 amide bonds.